The second-order valence-electron chi connectivity index (χ2n) is 7.90. The van der Waals surface area contributed by atoms with Gasteiger partial charge < -0.3 is 13.9 Å². The molecule has 1 fully saturated rings. The van der Waals surface area contributed by atoms with Crippen LogP contribution in [-0.2, 0) is 14.3 Å². The quantitative estimate of drug-likeness (QED) is 0.724. The van der Waals surface area contributed by atoms with Crippen LogP contribution >= 0.6 is 0 Å². The molecule has 6 nitrogen and oxygen atoms in total. The lowest BCUT2D eigenvalue weighted by molar-refractivity contribution is -0.159. The number of ether oxygens (including phenoxy) is 2. The van der Waals surface area contributed by atoms with Crippen LogP contribution in [0.4, 0.5) is 0 Å². The van der Waals surface area contributed by atoms with Crippen LogP contribution in [0.5, 0.6) is 0 Å². The zero-order valence-electron chi connectivity index (χ0n) is 16.5. The van der Waals surface area contributed by atoms with Gasteiger partial charge in [0.05, 0.1) is 5.39 Å². The molecule has 1 saturated carbocycles. The van der Waals surface area contributed by atoms with Crippen LogP contribution in [0.1, 0.15) is 50.6 Å². The van der Waals surface area contributed by atoms with E-state index < -0.39 is 18.5 Å². The third-order valence-electron chi connectivity index (χ3n) is 5.40. The molecular weight excluding hydrogens is 360 g/mol. The Morgan fingerprint density at radius 1 is 1.21 bits per heavy atom. The molecular formula is C22H26O6. The van der Waals surface area contributed by atoms with E-state index in [0.29, 0.717) is 28.7 Å². The Morgan fingerprint density at radius 3 is 2.71 bits per heavy atom. The maximum absolute atomic E-state index is 12.2. The molecule has 0 spiro atoms. The summed E-state index contributed by atoms with van der Waals surface area (Å²) in [5.41, 5.74) is -0.0483. The predicted octanol–water partition coefficient (Wildman–Crippen LogP) is 3.95. The molecule has 0 bridgehead atoms. The van der Waals surface area contributed by atoms with Crippen molar-refractivity contribution in [1.82, 2.24) is 0 Å². The van der Waals surface area contributed by atoms with Crippen LogP contribution in [0.25, 0.3) is 11.0 Å². The van der Waals surface area contributed by atoms with Gasteiger partial charge in [0.25, 0.3) is 0 Å². The molecule has 1 aromatic carbocycles. The van der Waals surface area contributed by atoms with Crippen LogP contribution in [0, 0.1) is 17.8 Å². The molecule has 0 saturated heterocycles. The van der Waals surface area contributed by atoms with Crippen molar-refractivity contribution in [3.63, 3.8) is 0 Å². The van der Waals surface area contributed by atoms with Crippen molar-refractivity contribution in [1.29, 1.82) is 0 Å². The molecule has 28 heavy (non-hydrogen) atoms. The number of benzene rings is 1. The number of rotatable bonds is 5. The summed E-state index contributed by atoms with van der Waals surface area (Å²) in [5, 5.41) is 0.379. The van der Waals surface area contributed by atoms with Gasteiger partial charge in [-0.3, -0.25) is 4.79 Å². The lowest BCUT2D eigenvalue weighted by Gasteiger charge is -2.36. The zero-order valence-corrected chi connectivity index (χ0v) is 16.5. The molecule has 150 valence electrons. The summed E-state index contributed by atoms with van der Waals surface area (Å²) >= 11 is 0. The number of carbonyl (C=O) groups is 2. The summed E-state index contributed by atoms with van der Waals surface area (Å²) < 4.78 is 16.0. The number of esters is 2. The first kappa shape index (κ1) is 20.1. The van der Waals surface area contributed by atoms with Crippen LogP contribution < -0.4 is 5.43 Å². The lowest BCUT2D eigenvalue weighted by atomic mass is 9.75. The minimum atomic E-state index is -0.864. The highest BCUT2D eigenvalue weighted by molar-refractivity contribution is 5.90. The Kier molecular flexibility index (Phi) is 6.17. The van der Waals surface area contributed by atoms with Gasteiger partial charge in [-0.2, -0.15) is 0 Å². The molecule has 1 heterocycles. The highest BCUT2D eigenvalue weighted by Crippen LogP contribution is 2.35. The number of hydrogen-bond acceptors (Lipinski definition) is 6. The van der Waals surface area contributed by atoms with E-state index in [2.05, 4.69) is 20.8 Å². The molecule has 1 aliphatic carbocycles. The molecule has 0 amide bonds. The minimum absolute atomic E-state index is 0.159. The third-order valence-corrected chi connectivity index (χ3v) is 5.40. The average Bonchev–Trinajstić information content (AvgIpc) is 2.66. The first-order valence-corrected chi connectivity index (χ1v) is 9.74. The van der Waals surface area contributed by atoms with E-state index >= 15 is 0 Å². The monoisotopic (exact) mass is 386 g/mol. The normalized spacial score (nSPS) is 22.2. The summed E-state index contributed by atoms with van der Waals surface area (Å²) in [5.74, 6) is -0.447. The van der Waals surface area contributed by atoms with Gasteiger partial charge in [-0.05, 0) is 42.7 Å². The van der Waals surface area contributed by atoms with Crippen molar-refractivity contribution in [2.75, 3.05) is 6.61 Å². The van der Waals surface area contributed by atoms with Gasteiger partial charge >= 0.3 is 11.9 Å². The largest absolute Gasteiger partial charge is 0.460 e. The smallest absolute Gasteiger partial charge is 0.374 e. The zero-order chi connectivity index (χ0) is 20.3. The van der Waals surface area contributed by atoms with Gasteiger partial charge in [-0.25, -0.2) is 9.59 Å². The molecule has 0 radical (unpaired) electrons. The Labute approximate surface area is 163 Å². The van der Waals surface area contributed by atoms with Gasteiger partial charge in [-0.15, -0.1) is 0 Å². The molecule has 1 aromatic heterocycles. The third kappa shape index (κ3) is 4.61. The highest BCUT2D eigenvalue weighted by Gasteiger charge is 2.33. The second-order valence-corrected chi connectivity index (χ2v) is 7.90. The molecule has 0 N–H and O–H groups in total. The first-order chi connectivity index (χ1) is 13.3. The van der Waals surface area contributed by atoms with E-state index in [9.17, 15) is 14.4 Å². The maximum atomic E-state index is 12.2. The fourth-order valence-corrected chi connectivity index (χ4v) is 3.85. The summed E-state index contributed by atoms with van der Waals surface area (Å²) in [4.78, 5) is 36.5. The van der Waals surface area contributed by atoms with E-state index in [0.717, 1.165) is 25.3 Å². The first-order valence-electron chi connectivity index (χ1n) is 9.74. The van der Waals surface area contributed by atoms with Crippen molar-refractivity contribution in [2.45, 2.75) is 46.1 Å². The van der Waals surface area contributed by atoms with Gasteiger partial charge in [0.15, 0.2) is 12.0 Å². The number of hydrogen-bond donors (Lipinski definition) is 0. The molecule has 3 rings (SSSR count). The molecule has 6 heteroatoms. The van der Waals surface area contributed by atoms with E-state index in [1.807, 2.05) is 0 Å². The van der Waals surface area contributed by atoms with E-state index in [1.54, 1.807) is 24.3 Å². The molecule has 1 aliphatic rings. The summed E-state index contributed by atoms with van der Waals surface area (Å²) in [6, 6.07) is 7.70. The van der Waals surface area contributed by atoms with Crippen molar-refractivity contribution in [2.24, 2.45) is 17.8 Å². The fraction of sp³-hybridized carbons (Fsp3) is 0.500. The summed E-state index contributed by atoms with van der Waals surface area (Å²) in [6.07, 6.45) is 2.82. The second kappa shape index (κ2) is 8.59. The molecule has 0 aliphatic heterocycles. The average molecular weight is 386 g/mol. The maximum Gasteiger partial charge on any atom is 0.374 e. The van der Waals surface area contributed by atoms with E-state index in [4.69, 9.17) is 13.9 Å². The van der Waals surface area contributed by atoms with Gasteiger partial charge in [0, 0.05) is 6.07 Å². The minimum Gasteiger partial charge on any atom is -0.460 e. The molecule has 0 unspecified atom stereocenters. The molecule has 3 atom stereocenters. The Balaban J connectivity index is 1.61. The van der Waals surface area contributed by atoms with Crippen molar-refractivity contribution >= 4 is 22.9 Å². The summed E-state index contributed by atoms with van der Waals surface area (Å²) in [6.45, 7) is 5.90. The van der Waals surface area contributed by atoms with Crippen LogP contribution in [0.3, 0.4) is 0 Å². The number of carbonyl (C=O) groups excluding carboxylic acids is 2. The van der Waals surface area contributed by atoms with Gasteiger partial charge in [-0.1, -0.05) is 39.3 Å². The van der Waals surface area contributed by atoms with Crippen LogP contribution in [0.15, 0.2) is 39.5 Å². The molecule has 2 aromatic rings. The number of fused-ring (bicyclic) bond motifs is 1. The van der Waals surface area contributed by atoms with Gasteiger partial charge in [0.1, 0.15) is 11.7 Å². The fourth-order valence-electron chi connectivity index (χ4n) is 3.85. The topological polar surface area (TPSA) is 82.8 Å². The standard InChI is InChI=1S/C22H26O6/c1-13(2)15-9-8-14(3)10-19(15)28-21(24)12-26-22(25)20-11-17(23)16-6-4-5-7-18(16)27-20/h4-7,11,13-15,19H,8-10,12H2,1-3H3/t14-,15-,19-/m1/s1. The summed E-state index contributed by atoms with van der Waals surface area (Å²) in [7, 11) is 0. The highest BCUT2D eigenvalue weighted by atomic mass is 16.6. The SMILES string of the molecule is CC(C)[C@H]1CC[C@@H](C)C[C@H]1OC(=O)COC(=O)c1cc(=O)c2ccccc2o1. The van der Waals surface area contributed by atoms with Crippen LogP contribution in [-0.4, -0.2) is 24.6 Å². The Morgan fingerprint density at radius 2 is 1.96 bits per heavy atom. The van der Waals surface area contributed by atoms with Crippen molar-refractivity contribution in [3.05, 3.63) is 46.3 Å². The van der Waals surface area contributed by atoms with Gasteiger partial charge in [0.2, 0.25) is 5.76 Å². The predicted molar refractivity (Wildman–Crippen MR) is 104 cm³/mol. The lowest BCUT2D eigenvalue weighted by Crippen LogP contribution is -2.36. The van der Waals surface area contributed by atoms with E-state index in [-0.39, 0.29) is 17.3 Å². The van der Waals surface area contributed by atoms with E-state index in [1.165, 1.54) is 0 Å². The Hall–Kier alpha value is -2.63. The number of para-hydroxylation sites is 1. The Bertz CT molecular complexity index is 913. The van der Waals surface area contributed by atoms with Crippen molar-refractivity contribution in [3.8, 4) is 0 Å². The van der Waals surface area contributed by atoms with Crippen LogP contribution in [0.2, 0.25) is 0 Å². The van der Waals surface area contributed by atoms with Crippen molar-refractivity contribution < 1.29 is 23.5 Å².